The van der Waals surface area contributed by atoms with Crippen LogP contribution in [0.2, 0.25) is 0 Å². The monoisotopic (exact) mass is 285 g/mol. The van der Waals surface area contributed by atoms with Crippen molar-refractivity contribution in [3.63, 3.8) is 0 Å². The number of hydrogen-bond donors (Lipinski definition) is 1. The molecule has 0 amide bonds. The summed E-state index contributed by atoms with van der Waals surface area (Å²) in [5, 5.41) is 9.13. The molecule has 0 aromatic heterocycles. The number of aliphatic carboxylic acids is 1. The van der Waals surface area contributed by atoms with Gasteiger partial charge in [0, 0.05) is 26.0 Å². The summed E-state index contributed by atoms with van der Waals surface area (Å²) >= 11 is 0. The van der Waals surface area contributed by atoms with Crippen LogP contribution >= 0.6 is 0 Å². The van der Waals surface area contributed by atoms with E-state index in [-0.39, 0.29) is 26.0 Å². The van der Waals surface area contributed by atoms with Crippen LogP contribution < -0.4 is 10.8 Å². The van der Waals surface area contributed by atoms with Crippen molar-refractivity contribution in [3.8, 4) is 0 Å². The van der Waals surface area contributed by atoms with Crippen LogP contribution in [0, 0.1) is 0 Å². The number of rotatable bonds is 1. The first-order valence-electron chi connectivity index (χ1n) is 4.47. The van der Waals surface area contributed by atoms with E-state index in [0.29, 0.717) is 0 Å². The number of hydrogen-bond acceptors (Lipinski definition) is 3. The smallest absolute Gasteiger partial charge is 0.0550 e. The van der Waals surface area contributed by atoms with Gasteiger partial charge in [0.1, 0.15) is 0 Å². The maximum absolute atomic E-state index is 9.13. The Morgan fingerprint density at radius 2 is 1.29 bits per heavy atom. The number of carbonyl (C=O) groups is 1. The van der Waals surface area contributed by atoms with Crippen molar-refractivity contribution in [2.75, 3.05) is 6.54 Å². The second-order valence-corrected chi connectivity index (χ2v) is 2.67. The predicted molar refractivity (Wildman–Crippen MR) is 50.8 cm³/mol. The van der Waals surface area contributed by atoms with E-state index in [2.05, 4.69) is 30.0 Å². The molecular formula is C10H16NO2Rh-. The van der Waals surface area contributed by atoms with Gasteiger partial charge in [-0.05, 0) is 25.7 Å². The van der Waals surface area contributed by atoms with Crippen molar-refractivity contribution < 1.29 is 29.4 Å². The van der Waals surface area contributed by atoms with E-state index in [4.69, 9.17) is 9.90 Å². The Morgan fingerprint density at radius 3 is 1.43 bits per heavy atom. The Morgan fingerprint density at radius 1 is 1.07 bits per heavy atom. The zero-order valence-corrected chi connectivity index (χ0v) is 9.71. The molecule has 0 aromatic carbocycles. The SMILES string of the molecule is C1=C\CC/C=C\CC/1.NCC(=O)[O-].[Rh]. The van der Waals surface area contributed by atoms with Crippen LogP contribution in [0.25, 0.3) is 0 Å². The van der Waals surface area contributed by atoms with Gasteiger partial charge in [0.15, 0.2) is 0 Å². The Balaban J connectivity index is 0. The normalized spacial score (nSPS) is 18.6. The second-order valence-electron chi connectivity index (χ2n) is 2.67. The van der Waals surface area contributed by atoms with Gasteiger partial charge < -0.3 is 15.6 Å². The van der Waals surface area contributed by atoms with Crippen molar-refractivity contribution in [1.29, 1.82) is 0 Å². The molecule has 0 aliphatic heterocycles. The summed E-state index contributed by atoms with van der Waals surface area (Å²) in [6.07, 6.45) is 14.0. The molecule has 1 aliphatic carbocycles. The maximum Gasteiger partial charge on any atom is 0.0550 e. The van der Waals surface area contributed by atoms with Crippen molar-refractivity contribution in [3.05, 3.63) is 24.3 Å². The van der Waals surface area contributed by atoms with Gasteiger partial charge in [0.25, 0.3) is 0 Å². The van der Waals surface area contributed by atoms with Gasteiger partial charge >= 0.3 is 0 Å². The maximum atomic E-state index is 9.13. The fourth-order valence-corrected chi connectivity index (χ4v) is 0.856. The van der Waals surface area contributed by atoms with Crippen LogP contribution in [0.5, 0.6) is 0 Å². The first-order valence-corrected chi connectivity index (χ1v) is 4.47. The molecular weight excluding hydrogens is 269 g/mol. The second kappa shape index (κ2) is 12.5. The average Bonchev–Trinajstić information content (AvgIpc) is 2.04. The molecule has 0 bridgehead atoms. The zero-order chi connectivity index (χ0) is 9.94. The first-order chi connectivity index (χ1) is 6.27. The molecule has 0 aromatic rings. The topological polar surface area (TPSA) is 66.2 Å². The molecule has 0 fully saturated rings. The van der Waals surface area contributed by atoms with Gasteiger partial charge in [-0.1, -0.05) is 24.3 Å². The fraction of sp³-hybridized carbons (Fsp3) is 0.500. The molecule has 0 saturated heterocycles. The summed E-state index contributed by atoms with van der Waals surface area (Å²) in [6, 6.07) is 0. The van der Waals surface area contributed by atoms with Crippen molar-refractivity contribution in [2.24, 2.45) is 5.73 Å². The third-order valence-electron chi connectivity index (χ3n) is 1.50. The quantitative estimate of drug-likeness (QED) is 0.559. The van der Waals surface area contributed by atoms with Gasteiger partial charge in [0.2, 0.25) is 0 Å². The van der Waals surface area contributed by atoms with E-state index in [1.165, 1.54) is 25.7 Å². The Kier molecular flexibility index (Phi) is 14.3. The minimum atomic E-state index is -1.22. The zero-order valence-electron chi connectivity index (χ0n) is 8.07. The largest absolute Gasteiger partial charge is 0.549 e. The van der Waals surface area contributed by atoms with Gasteiger partial charge in [-0.2, -0.15) is 0 Å². The molecule has 1 rings (SSSR count). The van der Waals surface area contributed by atoms with Crippen molar-refractivity contribution in [2.45, 2.75) is 25.7 Å². The molecule has 1 radical (unpaired) electrons. The number of carboxylic acids is 1. The summed E-state index contributed by atoms with van der Waals surface area (Å²) in [4.78, 5) is 9.13. The third-order valence-corrected chi connectivity index (χ3v) is 1.50. The molecule has 3 nitrogen and oxygen atoms in total. The minimum Gasteiger partial charge on any atom is -0.549 e. The van der Waals surface area contributed by atoms with Gasteiger partial charge in [-0.25, -0.2) is 0 Å². The average molecular weight is 285 g/mol. The number of nitrogens with two attached hydrogens (primary N) is 1. The van der Waals surface area contributed by atoms with Gasteiger partial charge in [0.05, 0.1) is 5.97 Å². The van der Waals surface area contributed by atoms with Crippen LogP contribution in [-0.4, -0.2) is 12.5 Å². The third kappa shape index (κ3) is 14.1. The Hall–Kier alpha value is -0.467. The molecule has 4 heteroatoms. The van der Waals surface area contributed by atoms with Crippen LogP contribution in [0.3, 0.4) is 0 Å². The van der Waals surface area contributed by atoms with E-state index in [0.717, 1.165) is 0 Å². The summed E-state index contributed by atoms with van der Waals surface area (Å²) in [7, 11) is 0. The number of carbonyl (C=O) groups excluding carboxylic acids is 1. The molecule has 2 N–H and O–H groups in total. The van der Waals surface area contributed by atoms with Crippen molar-refractivity contribution in [1.82, 2.24) is 0 Å². The predicted octanol–water partition coefficient (Wildman–Crippen LogP) is 0.365. The Labute approximate surface area is 97.8 Å². The van der Waals surface area contributed by atoms with E-state index in [1.54, 1.807) is 0 Å². The molecule has 0 spiro atoms. The first kappa shape index (κ1) is 16.0. The molecule has 0 saturated carbocycles. The molecule has 1 aliphatic rings. The summed E-state index contributed by atoms with van der Waals surface area (Å²) < 4.78 is 0. The van der Waals surface area contributed by atoms with Crippen LogP contribution in [-0.2, 0) is 24.3 Å². The van der Waals surface area contributed by atoms with Gasteiger partial charge in [-0.15, -0.1) is 0 Å². The van der Waals surface area contributed by atoms with Crippen molar-refractivity contribution >= 4 is 5.97 Å². The number of carboxylic acid groups (broad SMARTS) is 1. The van der Waals surface area contributed by atoms with Gasteiger partial charge in [-0.3, -0.25) is 0 Å². The minimum absolute atomic E-state index is 0. The summed E-state index contributed by atoms with van der Waals surface area (Å²) in [5.74, 6) is -1.22. The van der Waals surface area contributed by atoms with E-state index in [1.807, 2.05) is 0 Å². The molecule has 0 heterocycles. The Bertz CT molecular complexity index is 165. The van der Waals surface area contributed by atoms with E-state index < -0.39 is 5.97 Å². The molecule has 0 unspecified atom stereocenters. The van der Waals surface area contributed by atoms with Crippen LogP contribution in [0.1, 0.15) is 25.7 Å². The van der Waals surface area contributed by atoms with E-state index >= 15 is 0 Å². The van der Waals surface area contributed by atoms with E-state index in [9.17, 15) is 0 Å². The summed E-state index contributed by atoms with van der Waals surface area (Å²) in [6.45, 7) is -0.389. The molecule has 14 heavy (non-hydrogen) atoms. The molecule has 0 atom stereocenters. The standard InChI is InChI=1S/C8H12.C2H5NO2.Rh/c1-2-4-6-8-7-5-3-1;3-1-2(4)5;/h1-2,7-8H,3-6H2;1,3H2,(H,4,5);/p-1/b2-1-,8-7-;;. The summed E-state index contributed by atoms with van der Waals surface area (Å²) in [5.41, 5.74) is 4.51. The van der Waals surface area contributed by atoms with Crippen LogP contribution in [0.4, 0.5) is 0 Å². The molecule has 83 valence electrons. The van der Waals surface area contributed by atoms with Crippen LogP contribution in [0.15, 0.2) is 24.3 Å². The number of allylic oxidation sites excluding steroid dienone is 4. The fourth-order valence-electron chi connectivity index (χ4n) is 0.856.